The zero-order valence-corrected chi connectivity index (χ0v) is 11.8. The Morgan fingerprint density at radius 1 is 1.28 bits per heavy atom. The fraction of sp³-hybridized carbons (Fsp3) is 0.500. The molecule has 0 saturated carbocycles. The van der Waals surface area contributed by atoms with Crippen LogP contribution < -0.4 is 5.73 Å². The number of anilines is 1. The maximum Gasteiger partial charge on any atom is 0.214 e. The number of hydrogen-bond acceptors (Lipinski definition) is 4. The van der Waals surface area contributed by atoms with Crippen molar-refractivity contribution in [2.75, 3.05) is 30.3 Å². The molecule has 1 aromatic rings. The van der Waals surface area contributed by atoms with E-state index in [0.717, 1.165) is 17.7 Å². The molecule has 0 radical (unpaired) electrons. The van der Waals surface area contributed by atoms with Crippen LogP contribution in [0.15, 0.2) is 29.2 Å². The Hall–Kier alpha value is -0.720. The molecule has 0 unspecified atom stereocenters. The molecule has 1 heterocycles. The van der Waals surface area contributed by atoms with Crippen molar-refractivity contribution in [1.29, 1.82) is 0 Å². The lowest BCUT2D eigenvalue weighted by atomic mass is 10.3. The number of nitrogens with zero attached hydrogens (tertiary/aromatic N) is 1. The second-order valence-electron chi connectivity index (χ2n) is 4.34. The first-order valence-corrected chi connectivity index (χ1v) is 8.63. The van der Waals surface area contributed by atoms with Crippen molar-refractivity contribution in [1.82, 2.24) is 4.31 Å². The second kappa shape index (κ2) is 5.95. The highest BCUT2D eigenvalue weighted by Gasteiger charge is 2.24. The van der Waals surface area contributed by atoms with E-state index in [-0.39, 0.29) is 5.75 Å². The van der Waals surface area contributed by atoms with Gasteiger partial charge >= 0.3 is 0 Å². The molecule has 4 nitrogen and oxygen atoms in total. The van der Waals surface area contributed by atoms with Gasteiger partial charge in [-0.15, -0.1) is 11.8 Å². The summed E-state index contributed by atoms with van der Waals surface area (Å²) in [7, 11) is -3.06. The maximum absolute atomic E-state index is 12.0. The summed E-state index contributed by atoms with van der Waals surface area (Å²) >= 11 is 1.53. The van der Waals surface area contributed by atoms with Gasteiger partial charge in [-0.3, -0.25) is 0 Å². The average molecular weight is 286 g/mol. The van der Waals surface area contributed by atoms with Crippen LogP contribution in [0.4, 0.5) is 5.69 Å². The minimum Gasteiger partial charge on any atom is -0.399 e. The van der Waals surface area contributed by atoms with Gasteiger partial charge in [-0.05, 0) is 31.0 Å². The lowest BCUT2D eigenvalue weighted by Crippen LogP contribution is -2.30. The first-order chi connectivity index (χ1) is 8.58. The van der Waals surface area contributed by atoms with Crippen LogP contribution in [0, 0.1) is 0 Å². The molecule has 2 rings (SSSR count). The first-order valence-electron chi connectivity index (χ1n) is 6.04. The van der Waals surface area contributed by atoms with Crippen molar-refractivity contribution >= 4 is 27.5 Å². The molecule has 0 atom stereocenters. The summed E-state index contributed by atoms with van der Waals surface area (Å²) in [5, 5.41) is 0. The van der Waals surface area contributed by atoms with Gasteiger partial charge in [0.05, 0.1) is 5.75 Å². The van der Waals surface area contributed by atoms with Crippen molar-refractivity contribution in [2.45, 2.75) is 17.7 Å². The van der Waals surface area contributed by atoms with Gasteiger partial charge in [0, 0.05) is 29.4 Å². The van der Waals surface area contributed by atoms with E-state index in [1.807, 2.05) is 24.3 Å². The maximum atomic E-state index is 12.0. The number of thioether (sulfide) groups is 1. The highest BCUT2D eigenvalue weighted by Crippen LogP contribution is 2.21. The van der Waals surface area contributed by atoms with Crippen LogP contribution >= 0.6 is 11.8 Å². The van der Waals surface area contributed by atoms with E-state index in [0.29, 0.717) is 24.5 Å². The van der Waals surface area contributed by atoms with E-state index in [1.54, 1.807) is 4.31 Å². The van der Waals surface area contributed by atoms with E-state index in [4.69, 9.17) is 5.73 Å². The molecular formula is C12H18N2O2S2. The molecule has 100 valence electrons. The Labute approximate surface area is 113 Å². The monoisotopic (exact) mass is 286 g/mol. The third-order valence-corrected chi connectivity index (χ3v) is 6.05. The van der Waals surface area contributed by atoms with Crippen LogP contribution in [0.1, 0.15) is 12.8 Å². The molecule has 0 aromatic heterocycles. The molecule has 6 heteroatoms. The predicted molar refractivity (Wildman–Crippen MR) is 76.2 cm³/mol. The van der Waals surface area contributed by atoms with Gasteiger partial charge in [-0.1, -0.05) is 6.07 Å². The van der Waals surface area contributed by atoms with Crippen LogP contribution in [-0.2, 0) is 10.0 Å². The third kappa shape index (κ3) is 3.63. The number of hydrogen-bond donors (Lipinski definition) is 1. The van der Waals surface area contributed by atoms with Gasteiger partial charge in [0.25, 0.3) is 0 Å². The van der Waals surface area contributed by atoms with Gasteiger partial charge in [-0.2, -0.15) is 0 Å². The average Bonchev–Trinajstić information content (AvgIpc) is 2.83. The van der Waals surface area contributed by atoms with E-state index in [9.17, 15) is 8.42 Å². The summed E-state index contributed by atoms with van der Waals surface area (Å²) in [6.45, 7) is 1.37. The van der Waals surface area contributed by atoms with E-state index in [2.05, 4.69) is 0 Å². The Morgan fingerprint density at radius 3 is 2.67 bits per heavy atom. The Balaban J connectivity index is 1.84. The molecule has 18 heavy (non-hydrogen) atoms. The van der Waals surface area contributed by atoms with Crippen molar-refractivity contribution in [3.63, 3.8) is 0 Å². The van der Waals surface area contributed by atoms with Crippen LogP contribution in [0.2, 0.25) is 0 Å². The van der Waals surface area contributed by atoms with Crippen LogP contribution in [0.25, 0.3) is 0 Å². The SMILES string of the molecule is Nc1cccc(SCCS(=O)(=O)N2CCCC2)c1. The van der Waals surface area contributed by atoms with Crippen LogP contribution in [0.5, 0.6) is 0 Å². The lowest BCUT2D eigenvalue weighted by molar-refractivity contribution is 0.479. The van der Waals surface area contributed by atoms with Crippen molar-refractivity contribution < 1.29 is 8.42 Å². The summed E-state index contributed by atoms with van der Waals surface area (Å²) < 4.78 is 25.6. The molecular weight excluding hydrogens is 268 g/mol. The van der Waals surface area contributed by atoms with Crippen molar-refractivity contribution in [2.24, 2.45) is 0 Å². The molecule has 1 fully saturated rings. The number of nitrogens with two attached hydrogens (primary N) is 1. The lowest BCUT2D eigenvalue weighted by Gasteiger charge is -2.14. The molecule has 1 aromatic carbocycles. The molecule has 1 aliphatic rings. The minimum absolute atomic E-state index is 0.201. The summed E-state index contributed by atoms with van der Waals surface area (Å²) in [6.07, 6.45) is 1.98. The number of rotatable bonds is 5. The normalized spacial score (nSPS) is 17.1. The van der Waals surface area contributed by atoms with Crippen molar-refractivity contribution in [3.05, 3.63) is 24.3 Å². The molecule has 1 aliphatic heterocycles. The Bertz CT molecular complexity index is 497. The summed E-state index contributed by atoms with van der Waals surface area (Å²) in [5.41, 5.74) is 6.39. The highest BCUT2D eigenvalue weighted by molar-refractivity contribution is 8.00. The minimum atomic E-state index is -3.06. The van der Waals surface area contributed by atoms with E-state index < -0.39 is 10.0 Å². The van der Waals surface area contributed by atoms with Crippen LogP contribution in [-0.4, -0.2) is 37.3 Å². The topological polar surface area (TPSA) is 63.4 Å². The molecule has 0 spiro atoms. The Kier molecular flexibility index (Phi) is 4.53. The zero-order valence-electron chi connectivity index (χ0n) is 10.2. The molecule has 0 bridgehead atoms. The molecule has 1 saturated heterocycles. The van der Waals surface area contributed by atoms with Gasteiger partial charge in [0.15, 0.2) is 0 Å². The summed E-state index contributed by atoms with van der Waals surface area (Å²) in [5.74, 6) is 0.773. The molecule has 2 N–H and O–H groups in total. The molecule has 0 aliphatic carbocycles. The third-order valence-electron chi connectivity index (χ3n) is 2.93. The number of sulfonamides is 1. The quantitative estimate of drug-likeness (QED) is 0.662. The van der Waals surface area contributed by atoms with Crippen LogP contribution in [0.3, 0.4) is 0 Å². The van der Waals surface area contributed by atoms with Gasteiger partial charge in [0.2, 0.25) is 10.0 Å². The second-order valence-corrected chi connectivity index (χ2v) is 7.60. The highest BCUT2D eigenvalue weighted by atomic mass is 32.2. The van der Waals surface area contributed by atoms with Gasteiger partial charge in [-0.25, -0.2) is 12.7 Å². The predicted octanol–water partition coefficient (Wildman–Crippen LogP) is 1.79. The largest absolute Gasteiger partial charge is 0.399 e. The fourth-order valence-electron chi connectivity index (χ4n) is 1.96. The van der Waals surface area contributed by atoms with Gasteiger partial charge < -0.3 is 5.73 Å². The van der Waals surface area contributed by atoms with E-state index in [1.165, 1.54) is 11.8 Å². The first kappa shape index (κ1) is 13.7. The Morgan fingerprint density at radius 2 is 2.00 bits per heavy atom. The summed E-state index contributed by atoms with van der Waals surface area (Å²) in [6, 6.07) is 7.52. The molecule has 0 amide bonds. The fourth-order valence-corrected chi connectivity index (χ4v) is 4.84. The number of nitrogen functional groups attached to an aromatic ring is 1. The smallest absolute Gasteiger partial charge is 0.214 e. The van der Waals surface area contributed by atoms with E-state index >= 15 is 0 Å². The summed E-state index contributed by atoms with van der Waals surface area (Å²) in [4.78, 5) is 1.02. The number of benzene rings is 1. The zero-order chi connectivity index (χ0) is 13.0. The van der Waals surface area contributed by atoms with Crippen molar-refractivity contribution in [3.8, 4) is 0 Å². The standard InChI is InChI=1S/C12H18N2O2S2/c13-11-4-3-5-12(10-11)17-8-9-18(15,16)14-6-1-2-7-14/h3-5,10H,1-2,6-9,13H2. The van der Waals surface area contributed by atoms with Gasteiger partial charge in [0.1, 0.15) is 0 Å².